The Kier molecular flexibility index (Phi) is 5.01. The van der Waals surface area contributed by atoms with Gasteiger partial charge in [-0.2, -0.15) is 5.10 Å². The van der Waals surface area contributed by atoms with Crippen LogP contribution in [0.4, 0.5) is 0 Å². The number of aromatic nitrogens is 3. The number of rotatable bonds is 6. The topological polar surface area (TPSA) is 88.2 Å². The molecule has 2 heterocycles. The van der Waals surface area contributed by atoms with Crippen LogP contribution in [0.5, 0.6) is 0 Å². The zero-order chi connectivity index (χ0) is 18.0. The molecular formula is C18H18ClN3O3. The molecular weight excluding hydrogens is 342 g/mol. The van der Waals surface area contributed by atoms with Gasteiger partial charge in [0.15, 0.2) is 0 Å². The van der Waals surface area contributed by atoms with Crippen molar-refractivity contribution < 1.29 is 15.0 Å². The molecule has 0 aliphatic carbocycles. The molecule has 3 aromatic rings. The van der Waals surface area contributed by atoms with E-state index in [1.807, 2.05) is 19.1 Å². The van der Waals surface area contributed by atoms with Crippen LogP contribution in [-0.4, -0.2) is 37.1 Å². The van der Waals surface area contributed by atoms with Crippen LogP contribution in [-0.2, 0) is 13.0 Å². The standard InChI is InChI=1S/C18H18ClN3O3/c1-2-13(23)10-22-17-4-3-12(19)8-15(17)16(21-22)7-11-9-20-6-5-14(11)18(24)25/h3-6,8-9,13,23H,2,7,10H2,1H3,(H,24,25). The molecule has 2 aromatic heterocycles. The van der Waals surface area contributed by atoms with E-state index in [0.29, 0.717) is 35.7 Å². The number of benzene rings is 1. The molecule has 25 heavy (non-hydrogen) atoms. The van der Waals surface area contributed by atoms with Gasteiger partial charge in [0.2, 0.25) is 0 Å². The first-order chi connectivity index (χ1) is 12.0. The van der Waals surface area contributed by atoms with Crippen molar-refractivity contribution in [2.45, 2.75) is 32.4 Å². The van der Waals surface area contributed by atoms with E-state index >= 15 is 0 Å². The molecule has 2 N–H and O–H groups in total. The quantitative estimate of drug-likeness (QED) is 0.705. The molecule has 1 aromatic carbocycles. The number of aliphatic hydroxyl groups is 1. The summed E-state index contributed by atoms with van der Waals surface area (Å²) in [6.45, 7) is 2.27. The van der Waals surface area contributed by atoms with E-state index < -0.39 is 12.1 Å². The fraction of sp³-hybridized carbons (Fsp3) is 0.278. The average molecular weight is 360 g/mol. The van der Waals surface area contributed by atoms with E-state index in [9.17, 15) is 15.0 Å². The molecule has 130 valence electrons. The summed E-state index contributed by atoms with van der Waals surface area (Å²) in [5.41, 5.74) is 2.34. The number of carbonyl (C=O) groups is 1. The highest BCUT2D eigenvalue weighted by atomic mass is 35.5. The Morgan fingerprint density at radius 3 is 2.88 bits per heavy atom. The lowest BCUT2D eigenvalue weighted by atomic mass is 10.0. The van der Waals surface area contributed by atoms with E-state index in [4.69, 9.17) is 11.6 Å². The lowest BCUT2D eigenvalue weighted by Crippen LogP contribution is -2.15. The van der Waals surface area contributed by atoms with Crippen LogP contribution in [0.3, 0.4) is 0 Å². The van der Waals surface area contributed by atoms with Crippen molar-refractivity contribution in [3.05, 3.63) is 58.5 Å². The van der Waals surface area contributed by atoms with Crippen molar-refractivity contribution in [1.29, 1.82) is 0 Å². The number of carboxylic acid groups (broad SMARTS) is 1. The normalized spacial score (nSPS) is 12.4. The zero-order valence-corrected chi connectivity index (χ0v) is 14.4. The Bertz CT molecular complexity index is 923. The third-order valence-electron chi connectivity index (χ3n) is 4.14. The van der Waals surface area contributed by atoms with Crippen molar-refractivity contribution in [3.8, 4) is 0 Å². The molecule has 0 saturated carbocycles. The Labute approximate surface area is 149 Å². The van der Waals surface area contributed by atoms with E-state index in [-0.39, 0.29) is 5.56 Å². The van der Waals surface area contributed by atoms with Crippen LogP contribution >= 0.6 is 11.6 Å². The van der Waals surface area contributed by atoms with Crippen molar-refractivity contribution in [2.24, 2.45) is 0 Å². The van der Waals surface area contributed by atoms with Crippen LogP contribution in [0.25, 0.3) is 10.9 Å². The van der Waals surface area contributed by atoms with Crippen LogP contribution < -0.4 is 0 Å². The van der Waals surface area contributed by atoms with Gasteiger partial charge >= 0.3 is 5.97 Å². The van der Waals surface area contributed by atoms with Crippen molar-refractivity contribution in [1.82, 2.24) is 14.8 Å². The molecule has 1 atom stereocenters. The molecule has 0 bridgehead atoms. The smallest absolute Gasteiger partial charge is 0.336 e. The first-order valence-electron chi connectivity index (χ1n) is 7.98. The monoisotopic (exact) mass is 359 g/mol. The molecule has 0 amide bonds. The Morgan fingerprint density at radius 2 is 2.16 bits per heavy atom. The van der Waals surface area contributed by atoms with Gasteiger partial charge in [0, 0.05) is 29.2 Å². The number of hydrogen-bond donors (Lipinski definition) is 2. The number of halogens is 1. The third kappa shape index (κ3) is 3.65. The van der Waals surface area contributed by atoms with Gasteiger partial charge in [-0.3, -0.25) is 9.67 Å². The number of fused-ring (bicyclic) bond motifs is 1. The van der Waals surface area contributed by atoms with Gasteiger partial charge in [-0.1, -0.05) is 18.5 Å². The third-order valence-corrected chi connectivity index (χ3v) is 4.37. The summed E-state index contributed by atoms with van der Waals surface area (Å²) in [6.07, 6.45) is 3.44. The Morgan fingerprint density at radius 1 is 1.36 bits per heavy atom. The second-order valence-corrected chi connectivity index (χ2v) is 6.30. The van der Waals surface area contributed by atoms with E-state index in [0.717, 1.165) is 10.9 Å². The van der Waals surface area contributed by atoms with Gasteiger partial charge < -0.3 is 10.2 Å². The molecule has 0 aliphatic rings. The molecule has 0 radical (unpaired) electrons. The SMILES string of the molecule is CCC(O)Cn1nc(Cc2cnccc2C(=O)O)c2cc(Cl)ccc21. The molecule has 6 nitrogen and oxygen atoms in total. The van der Waals surface area contributed by atoms with E-state index in [1.165, 1.54) is 12.3 Å². The average Bonchev–Trinajstić information content (AvgIpc) is 2.91. The zero-order valence-electron chi connectivity index (χ0n) is 13.7. The van der Waals surface area contributed by atoms with Gasteiger partial charge in [-0.05, 0) is 36.2 Å². The maximum Gasteiger partial charge on any atom is 0.336 e. The highest BCUT2D eigenvalue weighted by molar-refractivity contribution is 6.31. The second kappa shape index (κ2) is 7.21. The van der Waals surface area contributed by atoms with Crippen LogP contribution in [0, 0.1) is 0 Å². The highest BCUT2D eigenvalue weighted by Gasteiger charge is 2.17. The fourth-order valence-electron chi connectivity index (χ4n) is 2.77. The minimum Gasteiger partial charge on any atom is -0.478 e. The van der Waals surface area contributed by atoms with E-state index in [2.05, 4.69) is 10.1 Å². The van der Waals surface area contributed by atoms with Crippen molar-refractivity contribution >= 4 is 28.5 Å². The maximum atomic E-state index is 11.4. The lowest BCUT2D eigenvalue weighted by Gasteiger charge is -2.08. The summed E-state index contributed by atoms with van der Waals surface area (Å²) >= 11 is 6.12. The summed E-state index contributed by atoms with van der Waals surface area (Å²) in [6, 6.07) is 6.92. The summed E-state index contributed by atoms with van der Waals surface area (Å²) in [5.74, 6) is -0.999. The molecule has 7 heteroatoms. The molecule has 0 fully saturated rings. The first kappa shape index (κ1) is 17.4. The maximum absolute atomic E-state index is 11.4. The molecule has 0 saturated heterocycles. The van der Waals surface area contributed by atoms with Gasteiger partial charge in [0.05, 0.1) is 29.4 Å². The Balaban J connectivity index is 2.07. The second-order valence-electron chi connectivity index (χ2n) is 5.87. The van der Waals surface area contributed by atoms with Crippen LogP contribution in [0.2, 0.25) is 5.02 Å². The highest BCUT2D eigenvalue weighted by Crippen LogP contribution is 2.26. The van der Waals surface area contributed by atoms with Crippen molar-refractivity contribution in [3.63, 3.8) is 0 Å². The van der Waals surface area contributed by atoms with Crippen LogP contribution in [0.15, 0.2) is 36.7 Å². The van der Waals surface area contributed by atoms with Crippen LogP contribution in [0.1, 0.15) is 35.0 Å². The predicted octanol–water partition coefficient (Wildman–Crippen LogP) is 3.14. The largest absolute Gasteiger partial charge is 0.478 e. The fourth-order valence-corrected chi connectivity index (χ4v) is 2.95. The summed E-state index contributed by atoms with van der Waals surface area (Å²) in [4.78, 5) is 15.4. The minimum absolute atomic E-state index is 0.202. The van der Waals surface area contributed by atoms with E-state index in [1.54, 1.807) is 16.9 Å². The number of pyridine rings is 1. The lowest BCUT2D eigenvalue weighted by molar-refractivity contribution is 0.0695. The van der Waals surface area contributed by atoms with Gasteiger partial charge in [-0.25, -0.2) is 4.79 Å². The number of hydrogen-bond acceptors (Lipinski definition) is 4. The van der Waals surface area contributed by atoms with Gasteiger partial charge in [0.1, 0.15) is 0 Å². The predicted molar refractivity (Wildman–Crippen MR) is 95.0 cm³/mol. The minimum atomic E-state index is -0.999. The number of carboxylic acids is 1. The Hall–Kier alpha value is -2.44. The summed E-state index contributed by atoms with van der Waals surface area (Å²) in [5, 5.41) is 25.3. The molecule has 0 spiro atoms. The molecule has 0 aliphatic heterocycles. The summed E-state index contributed by atoms with van der Waals surface area (Å²) < 4.78 is 1.74. The summed E-state index contributed by atoms with van der Waals surface area (Å²) in [7, 11) is 0. The van der Waals surface area contributed by atoms with Crippen molar-refractivity contribution in [2.75, 3.05) is 0 Å². The van der Waals surface area contributed by atoms with Gasteiger partial charge in [0.25, 0.3) is 0 Å². The number of nitrogens with zero attached hydrogens (tertiary/aromatic N) is 3. The molecule has 3 rings (SSSR count). The number of aliphatic hydroxyl groups excluding tert-OH is 1. The first-order valence-corrected chi connectivity index (χ1v) is 8.36. The van der Waals surface area contributed by atoms with Gasteiger partial charge in [-0.15, -0.1) is 0 Å². The molecule has 1 unspecified atom stereocenters. The number of aromatic carboxylic acids is 1.